The third-order valence-electron chi connectivity index (χ3n) is 5.05. The van der Waals surface area contributed by atoms with Gasteiger partial charge in [-0.2, -0.15) is 0 Å². The van der Waals surface area contributed by atoms with Crippen LogP contribution in [0.1, 0.15) is 19.3 Å². The summed E-state index contributed by atoms with van der Waals surface area (Å²) in [4.78, 5) is 21.5. The van der Waals surface area contributed by atoms with Crippen LogP contribution in [0, 0.1) is 5.92 Å². The van der Waals surface area contributed by atoms with Crippen molar-refractivity contribution in [3.63, 3.8) is 0 Å². The first-order valence-corrected chi connectivity index (χ1v) is 10.5. The molecule has 2 aliphatic heterocycles. The van der Waals surface area contributed by atoms with Crippen LogP contribution in [0.25, 0.3) is 10.2 Å². The Hall–Kier alpha value is -1.18. The molecule has 0 atom stereocenters. The summed E-state index contributed by atoms with van der Waals surface area (Å²) in [6.45, 7) is 4.83. The van der Waals surface area contributed by atoms with Crippen molar-refractivity contribution in [1.82, 2.24) is 9.88 Å². The summed E-state index contributed by atoms with van der Waals surface area (Å²) < 4.78 is 7.64. The largest absolute Gasteiger partial charge is 0.378 e. The lowest BCUT2D eigenvalue weighted by atomic mass is 9.93. The van der Waals surface area contributed by atoms with Gasteiger partial charge < -0.3 is 14.5 Å². The van der Waals surface area contributed by atoms with Gasteiger partial charge in [0, 0.05) is 37.1 Å². The van der Waals surface area contributed by atoms with E-state index in [0.717, 1.165) is 54.1 Å². The van der Waals surface area contributed by atoms with Gasteiger partial charge in [0.1, 0.15) is 0 Å². The molecule has 0 N–H and O–H groups in total. The molecule has 3 heterocycles. The van der Waals surface area contributed by atoms with E-state index < -0.39 is 0 Å². The summed E-state index contributed by atoms with van der Waals surface area (Å²) in [5.41, 5.74) is 1.06. The maximum absolute atomic E-state index is 12.4. The minimum absolute atomic E-state index is 0.298. The van der Waals surface area contributed by atoms with Gasteiger partial charge in [-0.3, -0.25) is 4.79 Å². The number of hydrogen-bond donors (Lipinski definition) is 0. The molecule has 4 rings (SSSR count). The normalized spacial score (nSPS) is 19.6. The molecule has 25 heavy (non-hydrogen) atoms. The number of benzene rings is 1. The van der Waals surface area contributed by atoms with Crippen LogP contribution in [0.15, 0.2) is 22.7 Å². The zero-order valence-electron chi connectivity index (χ0n) is 14.1. The van der Waals surface area contributed by atoms with Gasteiger partial charge in [0.05, 0.1) is 23.4 Å². The van der Waals surface area contributed by atoms with E-state index in [9.17, 15) is 4.79 Å². The molecule has 1 aromatic heterocycles. The predicted octanol–water partition coefficient (Wildman–Crippen LogP) is 3.52. The number of hydrogen-bond acceptors (Lipinski definition) is 5. The molecule has 2 saturated heterocycles. The SMILES string of the molecule is O=C(CC1CCN(c2nc3ccc(Br)cc3s2)CC1)N1CCOCC1. The van der Waals surface area contributed by atoms with Crippen molar-refractivity contribution in [2.45, 2.75) is 19.3 Å². The molecule has 0 spiro atoms. The molecular weight excluding hydrogens is 402 g/mol. The van der Waals surface area contributed by atoms with Crippen molar-refractivity contribution in [2.75, 3.05) is 44.3 Å². The summed E-state index contributed by atoms with van der Waals surface area (Å²) >= 11 is 5.27. The van der Waals surface area contributed by atoms with Crippen molar-refractivity contribution in [3.05, 3.63) is 22.7 Å². The lowest BCUT2D eigenvalue weighted by Crippen LogP contribution is -2.42. The number of rotatable bonds is 3. The van der Waals surface area contributed by atoms with Gasteiger partial charge in [-0.15, -0.1) is 0 Å². The second-order valence-corrected chi connectivity index (χ2v) is 8.66. The smallest absolute Gasteiger partial charge is 0.223 e. The Morgan fingerprint density at radius 2 is 2.00 bits per heavy atom. The molecular formula is C18H22BrN3O2S. The molecule has 0 unspecified atom stereocenters. The molecule has 2 fully saturated rings. The van der Waals surface area contributed by atoms with Crippen LogP contribution in [0.3, 0.4) is 0 Å². The minimum atomic E-state index is 0.298. The minimum Gasteiger partial charge on any atom is -0.378 e. The Morgan fingerprint density at radius 3 is 2.76 bits per heavy atom. The fourth-order valence-electron chi connectivity index (χ4n) is 3.54. The zero-order valence-corrected chi connectivity index (χ0v) is 16.5. The molecule has 7 heteroatoms. The molecule has 2 aromatic rings. The Balaban J connectivity index is 1.33. The number of anilines is 1. The fraction of sp³-hybridized carbons (Fsp3) is 0.556. The van der Waals surface area contributed by atoms with Crippen molar-refractivity contribution in [1.29, 1.82) is 0 Å². The lowest BCUT2D eigenvalue weighted by Gasteiger charge is -2.33. The number of ether oxygens (including phenoxy) is 1. The summed E-state index contributed by atoms with van der Waals surface area (Å²) in [5, 5.41) is 1.10. The number of morpholine rings is 1. The Bertz CT molecular complexity index is 752. The van der Waals surface area contributed by atoms with E-state index in [1.54, 1.807) is 11.3 Å². The maximum Gasteiger partial charge on any atom is 0.223 e. The quantitative estimate of drug-likeness (QED) is 0.757. The van der Waals surface area contributed by atoms with Crippen molar-refractivity contribution in [2.24, 2.45) is 5.92 Å². The van der Waals surface area contributed by atoms with Gasteiger partial charge in [-0.25, -0.2) is 4.98 Å². The average Bonchev–Trinajstić information content (AvgIpc) is 3.06. The highest BCUT2D eigenvalue weighted by Gasteiger charge is 2.26. The molecule has 5 nitrogen and oxygen atoms in total. The van der Waals surface area contributed by atoms with Crippen molar-refractivity contribution < 1.29 is 9.53 Å². The Morgan fingerprint density at radius 1 is 1.24 bits per heavy atom. The van der Waals surface area contributed by atoms with E-state index in [1.165, 1.54) is 4.70 Å². The topological polar surface area (TPSA) is 45.7 Å². The predicted molar refractivity (Wildman–Crippen MR) is 104 cm³/mol. The summed E-state index contributed by atoms with van der Waals surface area (Å²) in [6.07, 6.45) is 2.81. The van der Waals surface area contributed by atoms with Crippen LogP contribution in [-0.4, -0.2) is 55.2 Å². The monoisotopic (exact) mass is 423 g/mol. The van der Waals surface area contributed by atoms with Crippen LogP contribution in [0.5, 0.6) is 0 Å². The molecule has 0 radical (unpaired) electrons. The molecule has 2 aliphatic rings. The van der Waals surface area contributed by atoms with E-state index in [4.69, 9.17) is 9.72 Å². The number of halogens is 1. The van der Waals surface area contributed by atoms with Gasteiger partial charge in [-0.05, 0) is 37.0 Å². The number of thiazole rings is 1. The highest BCUT2D eigenvalue weighted by molar-refractivity contribution is 9.10. The van der Waals surface area contributed by atoms with E-state index in [0.29, 0.717) is 31.5 Å². The molecule has 134 valence electrons. The van der Waals surface area contributed by atoms with Gasteiger partial charge in [-0.1, -0.05) is 27.3 Å². The second kappa shape index (κ2) is 7.60. The molecule has 1 aromatic carbocycles. The maximum atomic E-state index is 12.4. The first-order valence-electron chi connectivity index (χ1n) is 8.85. The van der Waals surface area contributed by atoms with E-state index in [2.05, 4.69) is 33.0 Å². The van der Waals surface area contributed by atoms with E-state index in [1.807, 2.05) is 11.0 Å². The van der Waals surface area contributed by atoms with Crippen LogP contribution >= 0.6 is 27.3 Å². The highest BCUT2D eigenvalue weighted by atomic mass is 79.9. The van der Waals surface area contributed by atoms with Gasteiger partial charge in [0.15, 0.2) is 5.13 Å². The third kappa shape index (κ3) is 3.99. The Kier molecular flexibility index (Phi) is 5.24. The second-order valence-electron chi connectivity index (χ2n) is 6.74. The van der Waals surface area contributed by atoms with E-state index >= 15 is 0 Å². The standard InChI is InChI=1S/C18H22BrN3O2S/c19-14-1-2-15-16(12-14)25-18(20-15)22-5-3-13(4-6-22)11-17(23)21-7-9-24-10-8-21/h1-2,12-13H,3-11H2. The fourth-order valence-corrected chi connectivity index (χ4v) is 5.11. The molecule has 1 amide bonds. The Labute approximate surface area is 160 Å². The van der Waals surface area contributed by atoms with Crippen LogP contribution < -0.4 is 4.90 Å². The van der Waals surface area contributed by atoms with Gasteiger partial charge >= 0.3 is 0 Å². The third-order valence-corrected chi connectivity index (χ3v) is 6.62. The zero-order chi connectivity index (χ0) is 17.2. The first kappa shape index (κ1) is 17.2. The average molecular weight is 424 g/mol. The number of carbonyl (C=O) groups excluding carboxylic acids is 1. The van der Waals surface area contributed by atoms with Crippen molar-refractivity contribution in [3.8, 4) is 0 Å². The number of aromatic nitrogens is 1. The number of fused-ring (bicyclic) bond motifs is 1. The van der Waals surface area contributed by atoms with Gasteiger partial charge in [0.2, 0.25) is 5.91 Å². The van der Waals surface area contributed by atoms with Crippen molar-refractivity contribution >= 4 is 48.5 Å². The van der Waals surface area contributed by atoms with Crippen LogP contribution in [0.2, 0.25) is 0 Å². The van der Waals surface area contributed by atoms with Gasteiger partial charge in [0.25, 0.3) is 0 Å². The number of nitrogens with zero attached hydrogens (tertiary/aromatic N) is 3. The number of carbonyl (C=O) groups is 1. The first-order chi connectivity index (χ1) is 12.2. The number of piperidine rings is 1. The number of amides is 1. The lowest BCUT2D eigenvalue weighted by molar-refractivity contribution is -0.136. The summed E-state index contributed by atoms with van der Waals surface area (Å²) in [7, 11) is 0. The summed E-state index contributed by atoms with van der Waals surface area (Å²) in [5.74, 6) is 0.793. The molecule has 0 saturated carbocycles. The van der Waals surface area contributed by atoms with Crippen LogP contribution in [-0.2, 0) is 9.53 Å². The summed E-state index contributed by atoms with van der Waals surface area (Å²) in [6, 6.07) is 6.23. The molecule has 0 aliphatic carbocycles. The van der Waals surface area contributed by atoms with Crippen LogP contribution in [0.4, 0.5) is 5.13 Å². The molecule has 0 bridgehead atoms. The van der Waals surface area contributed by atoms with E-state index in [-0.39, 0.29) is 0 Å². The highest BCUT2D eigenvalue weighted by Crippen LogP contribution is 2.33.